The van der Waals surface area contributed by atoms with Gasteiger partial charge in [-0.05, 0) is 35.9 Å². The summed E-state index contributed by atoms with van der Waals surface area (Å²) in [5.74, 6) is 3.90. The summed E-state index contributed by atoms with van der Waals surface area (Å²) in [7, 11) is 9.24. The minimum atomic E-state index is -0.260. The van der Waals surface area contributed by atoms with Crippen LogP contribution in [0.4, 0.5) is 0 Å². The third kappa shape index (κ3) is 3.45. The van der Waals surface area contributed by atoms with Crippen LogP contribution in [0.25, 0.3) is 0 Å². The summed E-state index contributed by atoms with van der Waals surface area (Å²) in [5.41, 5.74) is 0. The average molecular weight is 289 g/mol. The van der Waals surface area contributed by atoms with E-state index in [2.05, 4.69) is 13.5 Å². The van der Waals surface area contributed by atoms with Crippen LogP contribution >= 0.6 is 10.0 Å². The maximum atomic E-state index is 6.86. The molecule has 2 aliphatic carbocycles. The van der Waals surface area contributed by atoms with Crippen molar-refractivity contribution >= 4 is 25.2 Å². The lowest BCUT2D eigenvalue weighted by Gasteiger charge is -2.55. The van der Waals surface area contributed by atoms with Crippen molar-refractivity contribution in [3.8, 4) is 0 Å². The Kier molecular flexibility index (Phi) is 4.85. The van der Waals surface area contributed by atoms with Gasteiger partial charge in [-0.15, -0.1) is 0 Å². The largest absolute Gasteiger partial charge is 0.241 e. The lowest BCUT2D eigenvalue weighted by Crippen LogP contribution is -2.39. The first-order chi connectivity index (χ1) is 9.60. The van der Waals surface area contributed by atoms with E-state index in [1.54, 1.807) is 0 Å². The van der Waals surface area contributed by atoms with Gasteiger partial charge in [-0.25, -0.2) is 10.0 Å². The van der Waals surface area contributed by atoms with Crippen LogP contribution in [0.3, 0.4) is 0 Å². The first-order valence-electron chi connectivity index (χ1n) is 8.97. The van der Waals surface area contributed by atoms with Gasteiger partial charge in [0.05, 0.1) is 7.85 Å². The van der Waals surface area contributed by atoms with E-state index < -0.39 is 0 Å². The van der Waals surface area contributed by atoms with E-state index in [9.17, 15) is 0 Å². The molecule has 1 aliphatic heterocycles. The molecule has 1 heterocycles. The Morgan fingerprint density at radius 1 is 0.950 bits per heavy atom. The van der Waals surface area contributed by atoms with Crippen LogP contribution in [0.2, 0.25) is 11.0 Å². The van der Waals surface area contributed by atoms with Crippen LogP contribution in [0, 0.1) is 0 Å². The van der Waals surface area contributed by atoms with Gasteiger partial charge in [0.1, 0.15) is 7.28 Å². The van der Waals surface area contributed by atoms with E-state index >= 15 is 0 Å². The molecule has 0 bridgehead atoms. The summed E-state index contributed by atoms with van der Waals surface area (Å²) < 4.78 is 0. The quantitative estimate of drug-likeness (QED) is 0.512. The highest BCUT2D eigenvalue weighted by atomic mass is 32.3. The molecular formula is C17H31B2S. The summed E-state index contributed by atoms with van der Waals surface area (Å²) in [6, 6.07) is 0. The molecule has 0 amide bonds. The molecule has 3 aliphatic rings. The lowest BCUT2D eigenvalue weighted by atomic mass is 9.33. The number of rotatable bonds is 3. The molecular weight excluding hydrogens is 258 g/mol. The van der Waals surface area contributed by atoms with E-state index in [4.69, 9.17) is 7.85 Å². The molecule has 1 saturated heterocycles. The predicted octanol–water partition coefficient (Wildman–Crippen LogP) is 4.90. The highest BCUT2D eigenvalue weighted by Gasteiger charge is 2.42. The highest BCUT2D eigenvalue weighted by molar-refractivity contribution is 8.34. The SMILES string of the molecule is [B]C1([B]C2CCCCCC2)CCCC(S2(C)CCC2)C1. The average Bonchev–Trinajstić information content (AvgIpc) is 2.64. The van der Waals surface area contributed by atoms with Crippen molar-refractivity contribution in [1.82, 2.24) is 0 Å². The van der Waals surface area contributed by atoms with Crippen LogP contribution in [-0.4, -0.2) is 38.1 Å². The Morgan fingerprint density at radius 3 is 2.25 bits per heavy atom. The normalized spacial score (nSPS) is 40.4. The molecule has 3 radical (unpaired) electrons. The third-order valence-corrected chi connectivity index (χ3v) is 10.7. The number of hydrogen-bond acceptors (Lipinski definition) is 0. The second-order valence-corrected chi connectivity index (χ2v) is 12.2. The van der Waals surface area contributed by atoms with Gasteiger partial charge in [0.2, 0.25) is 0 Å². The van der Waals surface area contributed by atoms with Crippen LogP contribution in [0.5, 0.6) is 0 Å². The summed E-state index contributed by atoms with van der Waals surface area (Å²) >= 11 is 0. The molecule has 3 rings (SSSR count). The van der Waals surface area contributed by atoms with Crippen molar-refractivity contribution in [1.29, 1.82) is 0 Å². The van der Waals surface area contributed by atoms with Gasteiger partial charge in [0.15, 0.2) is 0 Å². The smallest absolute Gasteiger partial charge is 0.111 e. The highest BCUT2D eigenvalue weighted by Crippen LogP contribution is 2.63. The predicted molar refractivity (Wildman–Crippen MR) is 95.8 cm³/mol. The Labute approximate surface area is 130 Å². The van der Waals surface area contributed by atoms with E-state index in [0.717, 1.165) is 11.1 Å². The molecule has 2 unspecified atom stereocenters. The van der Waals surface area contributed by atoms with Gasteiger partial charge in [0, 0.05) is 0 Å². The number of hydrogen-bond donors (Lipinski definition) is 0. The Bertz CT molecular complexity index is 321. The maximum Gasteiger partial charge on any atom is 0.111 e. The van der Waals surface area contributed by atoms with Gasteiger partial charge >= 0.3 is 0 Å². The monoisotopic (exact) mass is 289 g/mol. The maximum absolute atomic E-state index is 6.86. The van der Waals surface area contributed by atoms with Gasteiger partial charge < -0.3 is 0 Å². The molecule has 0 aromatic rings. The molecule has 0 spiro atoms. The van der Waals surface area contributed by atoms with Gasteiger partial charge in [-0.2, -0.15) is 0 Å². The van der Waals surface area contributed by atoms with E-state index in [1.165, 1.54) is 82.1 Å². The molecule has 2 saturated carbocycles. The lowest BCUT2D eigenvalue weighted by molar-refractivity contribution is 0.464. The van der Waals surface area contributed by atoms with Crippen molar-refractivity contribution in [2.45, 2.75) is 86.9 Å². The minimum Gasteiger partial charge on any atom is -0.241 e. The second-order valence-electron chi connectivity index (χ2n) is 7.98. The molecule has 0 aromatic heterocycles. The van der Waals surface area contributed by atoms with Crippen molar-refractivity contribution in [3.05, 3.63) is 0 Å². The zero-order valence-corrected chi connectivity index (χ0v) is 14.2. The van der Waals surface area contributed by atoms with E-state index in [-0.39, 0.29) is 15.2 Å². The second kappa shape index (κ2) is 6.31. The fourth-order valence-electron chi connectivity index (χ4n) is 4.80. The molecule has 0 aromatic carbocycles. The van der Waals surface area contributed by atoms with Crippen LogP contribution < -0.4 is 0 Å². The molecule has 20 heavy (non-hydrogen) atoms. The van der Waals surface area contributed by atoms with Crippen LogP contribution in [0.15, 0.2) is 0 Å². The summed E-state index contributed by atoms with van der Waals surface area (Å²) in [5, 5.41) is 1.07. The van der Waals surface area contributed by atoms with E-state index in [1.807, 2.05) is 0 Å². The van der Waals surface area contributed by atoms with Crippen molar-refractivity contribution < 1.29 is 0 Å². The molecule has 3 heteroatoms. The Morgan fingerprint density at radius 2 is 1.65 bits per heavy atom. The van der Waals surface area contributed by atoms with Crippen molar-refractivity contribution in [2.24, 2.45) is 0 Å². The summed E-state index contributed by atoms with van der Waals surface area (Å²) in [4.78, 5) is 0. The first-order valence-corrected chi connectivity index (χ1v) is 11.4. The Hall–Kier alpha value is 0.480. The van der Waals surface area contributed by atoms with Gasteiger partial charge in [-0.1, -0.05) is 68.8 Å². The zero-order valence-electron chi connectivity index (χ0n) is 13.4. The molecule has 0 N–H and O–H groups in total. The first kappa shape index (κ1) is 15.4. The van der Waals surface area contributed by atoms with Crippen LogP contribution in [-0.2, 0) is 0 Å². The topological polar surface area (TPSA) is 0 Å². The fourth-order valence-corrected chi connectivity index (χ4v) is 8.12. The van der Waals surface area contributed by atoms with E-state index in [0.29, 0.717) is 0 Å². The molecule has 3 fully saturated rings. The summed E-state index contributed by atoms with van der Waals surface area (Å²) in [6.07, 6.45) is 18.1. The molecule has 111 valence electrons. The minimum absolute atomic E-state index is 0.0868. The van der Waals surface area contributed by atoms with Crippen LogP contribution in [0.1, 0.15) is 70.6 Å². The van der Waals surface area contributed by atoms with Gasteiger partial charge in [0.25, 0.3) is 0 Å². The fraction of sp³-hybridized carbons (Fsp3) is 1.00. The zero-order chi connectivity index (χ0) is 14.1. The van der Waals surface area contributed by atoms with Gasteiger partial charge in [-0.3, -0.25) is 0 Å². The van der Waals surface area contributed by atoms with Crippen molar-refractivity contribution in [2.75, 3.05) is 17.8 Å². The molecule has 2 atom stereocenters. The Balaban J connectivity index is 1.58. The third-order valence-electron chi connectivity index (χ3n) is 6.27. The standard InChI is InChI=1S/C17H31B2S/c1-20(12-7-13-20)16-10-6-11-17(18,14-16)19-15-8-4-2-3-5-9-15/h15-16H,2-14H2,1H3. The molecule has 0 nitrogen and oxygen atoms in total. The van der Waals surface area contributed by atoms with Crippen molar-refractivity contribution in [3.63, 3.8) is 0 Å². The summed E-state index contributed by atoms with van der Waals surface area (Å²) in [6.45, 7) is 0.